The van der Waals surface area contributed by atoms with Crippen molar-refractivity contribution < 1.29 is 4.39 Å². The summed E-state index contributed by atoms with van der Waals surface area (Å²) in [5.41, 5.74) is 4.71. The Morgan fingerprint density at radius 2 is 2.05 bits per heavy atom. The second-order valence-corrected chi connectivity index (χ2v) is 5.59. The number of aryl methyl sites for hydroxylation is 1. The third kappa shape index (κ3) is 2.75. The molecule has 1 nitrogen and oxygen atoms in total. The van der Waals surface area contributed by atoms with Crippen molar-refractivity contribution in [3.05, 3.63) is 70.5 Å². The molecule has 0 aliphatic heterocycles. The third-order valence-corrected chi connectivity index (χ3v) is 4.10. The van der Waals surface area contributed by atoms with Crippen molar-refractivity contribution in [3.8, 4) is 0 Å². The lowest BCUT2D eigenvalue weighted by Gasteiger charge is -2.14. The van der Waals surface area contributed by atoms with Gasteiger partial charge in [-0.2, -0.15) is 0 Å². The van der Waals surface area contributed by atoms with Crippen molar-refractivity contribution >= 4 is 0 Å². The Balaban J connectivity index is 1.60. The molecule has 1 unspecified atom stereocenters. The fourth-order valence-electron chi connectivity index (χ4n) is 3.08. The van der Waals surface area contributed by atoms with E-state index in [0.717, 1.165) is 36.9 Å². The normalized spacial score (nSPS) is 17.2. The molecule has 3 rings (SSSR count). The van der Waals surface area contributed by atoms with E-state index in [9.17, 15) is 4.39 Å². The lowest BCUT2D eigenvalue weighted by molar-refractivity contribution is 0.533. The molecule has 1 N–H and O–H groups in total. The summed E-state index contributed by atoms with van der Waals surface area (Å²) in [6.07, 6.45) is 2.87. The Morgan fingerprint density at radius 3 is 2.90 bits per heavy atom. The molecule has 1 aliphatic carbocycles. The zero-order valence-corrected chi connectivity index (χ0v) is 11.8. The van der Waals surface area contributed by atoms with Gasteiger partial charge in [-0.05, 0) is 55.5 Å². The van der Waals surface area contributed by atoms with Crippen LogP contribution in [0, 0.1) is 12.7 Å². The second-order valence-electron chi connectivity index (χ2n) is 5.59. The van der Waals surface area contributed by atoms with Crippen LogP contribution in [0.25, 0.3) is 0 Å². The van der Waals surface area contributed by atoms with E-state index in [1.54, 1.807) is 6.07 Å². The van der Waals surface area contributed by atoms with Crippen LogP contribution in [0.4, 0.5) is 4.39 Å². The maximum atomic E-state index is 13.7. The van der Waals surface area contributed by atoms with Crippen molar-refractivity contribution in [2.75, 3.05) is 6.54 Å². The van der Waals surface area contributed by atoms with Crippen LogP contribution in [0.5, 0.6) is 0 Å². The van der Waals surface area contributed by atoms with Crippen LogP contribution >= 0.6 is 0 Å². The minimum absolute atomic E-state index is 0.0505. The van der Waals surface area contributed by atoms with Gasteiger partial charge in [-0.15, -0.1) is 0 Å². The molecule has 0 fully saturated rings. The van der Waals surface area contributed by atoms with Crippen molar-refractivity contribution in [1.29, 1.82) is 0 Å². The summed E-state index contributed by atoms with van der Waals surface area (Å²) in [6, 6.07) is 14.3. The molecule has 0 spiro atoms. The molecule has 2 aromatic carbocycles. The molecule has 2 aromatic rings. The molecule has 0 aromatic heterocycles. The van der Waals surface area contributed by atoms with E-state index in [1.165, 1.54) is 11.1 Å². The molecule has 1 atom stereocenters. The van der Waals surface area contributed by atoms with Gasteiger partial charge >= 0.3 is 0 Å². The fourth-order valence-corrected chi connectivity index (χ4v) is 3.08. The number of hydrogen-bond acceptors (Lipinski definition) is 1. The van der Waals surface area contributed by atoms with Gasteiger partial charge in [0.25, 0.3) is 0 Å². The molecule has 104 valence electrons. The zero-order chi connectivity index (χ0) is 13.9. The first kappa shape index (κ1) is 13.3. The molecular weight excluding hydrogens is 249 g/mol. The Kier molecular flexibility index (Phi) is 3.83. The largest absolute Gasteiger partial charge is 0.310 e. The number of hydrogen-bond donors (Lipinski definition) is 1. The first-order valence-electron chi connectivity index (χ1n) is 7.30. The molecule has 1 aliphatic rings. The molecule has 0 saturated carbocycles. The van der Waals surface area contributed by atoms with Crippen LogP contribution in [0.15, 0.2) is 42.5 Å². The Bertz CT molecular complexity index is 606. The summed E-state index contributed by atoms with van der Waals surface area (Å²) in [5.74, 6) is -0.0505. The summed E-state index contributed by atoms with van der Waals surface area (Å²) < 4.78 is 13.7. The molecule has 0 heterocycles. The second kappa shape index (κ2) is 5.76. The van der Waals surface area contributed by atoms with Gasteiger partial charge in [0.1, 0.15) is 5.82 Å². The number of fused-ring (bicyclic) bond motifs is 1. The predicted molar refractivity (Wildman–Crippen MR) is 80.3 cm³/mol. The molecule has 0 saturated heterocycles. The highest BCUT2D eigenvalue weighted by atomic mass is 19.1. The van der Waals surface area contributed by atoms with Gasteiger partial charge < -0.3 is 5.32 Å². The molecule has 2 heteroatoms. The van der Waals surface area contributed by atoms with Crippen LogP contribution in [0.1, 0.15) is 34.7 Å². The molecule has 0 bridgehead atoms. The number of rotatable bonds is 4. The molecule has 0 radical (unpaired) electrons. The summed E-state index contributed by atoms with van der Waals surface area (Å²) in [6.45, 7) is 3.05. The topological polar surface area (TPSA) is 12.0 Å². The maximum absolute atomic E-state index is 13.7. The Labute approximate surface area is 119 Å². The van der Waals surface area contributed by atoms with Gasteiger partial charge in [0.15, 0.2) is 0 Å². The number of benzene rings is 2. The first-order chi connectivity index (χ1) is 9.74. The van der Waals surface area contributed by atoms with Crippen LogP contribution in [0.3, 0.4) is 0 Å². The number of halogens is 1. The Hall–Kier alpha value is -1.67. The predicted octanol–water partition coefficient (Wildman–Crippen LogP) is 3.95. The maximum Gasteiger partial charge on any atom is 0.126 e. The molecule has 0 amide bonds. The van der Waals surface area contributed by atoms with Gasteiger partial charge in [-0.1, -0.05) is 42.0 Å². The standard InChI is InChI=1S/C18H20FN/c1-13-4-2-5-14(12-13)10-11-20-18-9-8-15-16(18)6-3-7-17(15)19/h2-7,12,18,20H,8-11H2,1H3. The van der Waals surface area contributed by atoms with Crippen LogP contribution in [-0.2, 0) is 12.8 Å². The summed E-state index contributed by atoms with van der Waals surface area (Å²) in [7, 11) is 0. The Morgan fingerprint density at radius 1 is 1.20 bits per heavy atom. The van der Waals surface area contributed by atoms with Crippen LogP contribution < -0.4 is 5.32 Å². The fraction of sp³-hybridized carbons (Fsp3) is 0.333. The van der Waals surface area contributed by atoms with Gasteiger partial charge in [0.05, 0.1) is 0 Å². The van der Waals surface area contributed by atoms with E-state index >= 15 is 0 Å². The lowest BCUT2D eigenvalue weighted by Crippen LogP contribution is -2.21. The summed E-state index contributed by atoms with van der Waals surface area (Å²) >= 11 is 0. The highest BCUT2D eigenvalue weighted by Crippen LogP contribution is 2.32. The summed E-state index contributed by atoms with van der Waals surface area (Å²) in [4.78, 5) is 0. The average Bonchev–Trinajstić information content (AvgIpc) is 2.84. The van der Waals surface area contributed by atoms with Gasteiger partial charge in [0.2, 0.25) is 0 Å². The van der Waals surface area contributed by atoms with Crippen molar-refractivity contribution in [2.24, 2.45) is 0 Å². The molecular formula is C18H20FN. The third-order valence-electron chi connectivity index (χ3n) is 4.10. The lowest BCUT2D eigenvalue weighted by atomic mass is 10.1. The van der Waals surface area contributed by atoms with Crippen molar-refractivity contribution in [1.82, 2.24) is 5.32 Å². The number of nitrogens with one attached hydrogen (secondary N) is 1. The van der Waals surface area contributed by atoms with E-state index in [0.29, 0.717) is 6.04 Å². The highest BCUT2D eigenvalue weighted by molar-refractivity contribution is 5.35. The molecule has 20 heavy (non-hydrogen) atoms. The zero-order valence-electron chi connectivity index (χ0n) is 11.8. The van der Waals surface area contributed by atoms with E-state index in [-0.39, 0.29) is 5.82 Å². The monoisotopic (exact) mass is 269 g/mol. The van der Waals surface area contributed by atoms with Crippen LogP contribution in [0.2, 0.25) is 0 Å². The van der Waals surface area contributed by atoms with Crippen LogP contribution in [-0.4, -0.2) is 6.54 Å². The van der Waals surface area contributed by atoms with Gasteiger partial charge in [-0.25, -0.2) is 4.39 Å². The highest BCUT2D eigenvalue weighted by Gasteiger charge is 2.23. The van der Waals surface area contributed by atoms with E-state index in [2.05, 4.69) is 42.6 Å². The smallest absolute Gasteiger partial charge is 0.126 e. The van der Waals surface area contributed by atoms with E-state index < -0.39 is 0 Å². The van der Waals surface area contributed by atoms with Gasteiger partial charge in [0, 0.05) is 6.04 Å². The van der Waals surface area contributed by atoms with Gasteiger partial charge in [-0.3, -0.25) is 0 Å². The minimum Gasteiger partial charge on any atom is -0.310 e. The SMILES string of the molecule is Cc1cccc(CCNC2CCc3c(F)cccc32)c1. The minimum atomic E-state index is -0.0505. The summed E-state index contributed by atoms with van der Waals surface area (Å²) in [5, 5.41) is 3.57. The van der Waals surface area contributed by atoms with E-state index in [1.807, 2.05) is 6.07 Å². The van der Waals surface area contributed by atoms with E-state index in [4.69, 9.17) is 0 Å². The first-order valence-corrected chi connectivity index (χ1v) is 7.30. The average molecular weight is 269 g/mol. The van der Waals surface area contributed by atoms with Crippen molar-refractivity contribution in [2.45, 2.75) is 32.2 Å². The quantitative estimate of drug-likeness (QED) is 0.886. The van der Waals surface area contributed by atoms with Crippen molar-refractivity contribution in [3.63, 3.8) is 0 Å².